The molecule has 58 heavy (non-hydrogen) atoms. The van der Waals surface area contributed by atoms with Crippen molar-refractivity contribution < 1.29 is 50.8 Å². The number of fused-ring (bicyclic) bond motifs is 2. The van der Waals surface area contributed by atoms with Crippen LogP contribution in [0.3, 0.4) is 0 Å². The van der Waals surface area contributed by atoms with E-state index in [1.807, 2.05) is 27.7 Å². The molecule has 0 amide bonds. The average molecular weight is 801 g/mol. The minimum Gasteiger partial charge on any atom is -0.457 e. The molecule has 6 aromatic rings. The molecule has 0 aliphatic rings. The Morgan fingerprint density at radius 1 is 0.569 bits per heavy atom. The fourth-order valence-electron chi connectivity index (χ4n) is 7.22. The molecule has 6 rings (SSSR count). The summed E-state index contributed by atoms with van der Waals surface area (Å²) in [7, 11) is 2.95. The number of rotatable bonds is 14. The Labute approximate surface area is 333 Å². The lowest BCUT2D eigenvalue weighted by Crippen LogP contribution is -2.23. The monoisotopic (exact) mass is 800 g/mol. The lowest BCUT2D eigenvalue weighted by molar-refractivity contribution is -0.0399. The summed E-state index contributed by atoms with van der Waals surface area (Å²) >= 11 is 0. The van der Waals surface area contributed by atoms with Crippen LogP contribution in [-0.4, -0.2) is 43.6 Å². The first kappa shape index (κ1) is 41.8. The van der Waals surface area contributed by atoms with Crippen LogP contribution in [0.5, 0.6) is 23.0 Å². The van der Waals surface area contributed by atoms with Crippen molar-refractivity contribution >= 4 is 28.0 Å². The van der Waals surface area contributed by atoms with Gasteiger partial charge < -0.3 is 28.4 Å². The third-order valence-electron chi connectivity index (χ3n) is 9.91. The maximum absolute atomic E-state index is 14.1. The number of pyridine rings is 2. The number of halogens is 4. The van der Waals surface area contributed by atoms with E-state index in [9.17, 15) is 22.4 Å². The van der Waals surface area contributed by atoms with Crippen LogP contribution in [0.15, 0.2) is 60.7 Å². The number of carbonyl (C=O) groups is 1. The zero-order valence-electron chi connectivity index (χ0n) is 33.5. The summed E-state index contributed by atoms with van der Waals surface area (Å²) in [6.07, 6.45) is -1.89. The maximum Gasteiger partial charge on any atom is 0.509 e. The Balaban J connectivity index is 1.40. The van der Waals surface area contributed by atoms with Gasteiger partial charge >= 0.3 is 6.16 Å². The van der Waals surface area contributed by atoms with Gasteiger partial charge in [-0.15, -0.1) is 0 Å². The van der Waals surface area contributed by atoms with E-state index in [2.05, 4.69) is 0 Å². The first-order valence-corrected chi connectivity index (χ1v) is 18.7. The molecule has 4 aromatic carbocycles. The smallest absolute Gasteiger partial charge is 0.457 e. The number of hydrogen-bond acceptors (Lipinski definition) is 9. The van der Waals surface area contributed by atoms with E-state index in [0.29, 0.717) is 68.4 Å². The molecule has 2 unspecified atom stereocenters. The third-order valence-corrected chi connectivity index (χ3v) is 9.91. The van der Waals surface area contributed by atoms with Crippen molar-refractivity contribution in [3.63, 3.8) is 0 Å². The number of aromatic nitrogens is 2. The minimum absolute atomic E-state index is 0.0318. The molecule has 0 aliphatic carbocycles. The molecule has 2 atom stereocenters. The zero-order valence-corrected chi connectivity index (χ0v) is 33.5. The number of benzene rings is 4. The molecular formula is C45H44F4N2O7. The molecule has 0 radical (unpaired) electrons. The average Bonchev–Trinajstić information content (AvgIpc) is 3.14. The molecule has 2 aromatic heterocycles. The second-order valence-corrected chi connectivity index (χ2v) is 14.0. The van der Waals surface area contributed by atoms with Gasteiger partial charge in [-0.3, -0.25) is 9.97 Å². The van der Waals surface area contributed by atoms with Gasteiger partial charge in [0.25, 0.3) is 0 Å². The molecule has 0 aliphatic heterocycles. The van der Waals surface area contributed by atoms with E-state index < -0.39 is 41.6 Å². The first-order valence-electron chi connectivity index (χ1n) is 18.7. The predicted octanol–water partition coefficient (Wildman–Crippen LogP) is 11.5. The molecule has 0 fully saturated rings. The Morgan fingerprint density at radius 2 is 0.931 bits per heavy atom. The number of hydrogen-bond donors (Lipinski definition) is 0. The lowest BCUT2D eigenvalue weighted by atomic mass is 9.95. The largest absolute Gasteiger partial charge is 0.509 e. The summed E-state index contributed by atoms with van der Waals surface area (Å²) in [5.41, 5.74) is 6.68. The van der Waals surface area contributed by atoms with Crippen molar-refractivity contribution in [1.29, 1.82) is 0 Å². The van der Waals surface area contributed by atoms with E-state index in [1.54, 1.807) is 38.1 Å². The lowest BCUT2D eigenvalue weighted by Gasteiger charge is -2.26. The molecule has 0 saturated heterocycles. The van der Waals surface area contributed by atoms with Crippen molar-refractivity contribution in [3.8, 4) is 23.0 Å². The maximum atomic E-state index is 14.1. The van der Waals surface area contributed by atoms with Crippen LogP contribution >= 0.6 is 0 Å². The van der Waals surface area contributed by atoms with Crippen molar-refractivity contribution in [3.05, 3.63) is 129 Å². The molecule has 0 saturated carbocycles. The van der Waals surface area contributed by atoms with Crippen LogP contribution in [-0.2, 0) is 31.8 Å². The number of carbonyl (C=O) groups excluding carboxylic acids is 1. The number of aryl methyl sites for hydroxylation is 4. The van der Waals surface area contributed by atoms with E-state index in [-0.39, 0.29) is 24.7 Å². The molecular weight excluding hydrogens is 756 g/mol. The quantitative estimate of drug-likeness (QED) is 0.0787. The molecule has 0 N–H and O–H groups in total. The summed E-state index contributed by atoms with van der Waals surface area (Å²) in [5, 5.41) is 1.14. The zero-order chi connectivity index (χ0) is 41.8. The van der Waals surface area contributed by atoms with Crippen LogP contribution in [0.25, 0.3) is 21.8 Å². The van der Waals surface area contributed by atoms with Gasteiger partial charge in [-0.2, -0.15) is 0 Å². The Morgan fingerprint density at radius 3 is 1.26 bits per heavy atom. The summed E-state index contributed by atoms with van der Waals surface area (Å²) in [6, 6.07) is 12.8. The number of methoxy groups -OCH3 is 2. The van der Waals surface area contributed by atoms with E-state index in [1.165, 1.54) is 14.2 Å². The summed E-state index contributed by atoms with van der Waals surface area (Å²) < 4.78 is 91.6. The highest BCUT2D eigenvalue weighted by atomic mass is 19.1. The van der Waals surface area contributed by atoms with Gasteiger partial charge in [0.15, 0.2) is 12.2 Å². The SMILES string of the molecule is CCc1nc2cc(C)c(Oc3cc(F)cc(F)c3)cc2c(C(COC)OC(=O)OC(COC)c2c(C)c(CC)nc3cc(C)c(Oc4cc(F)cc(F)c4)cc23)c1C. The first-order chi connectivity index (χ1) is 27.7. The van der Waals surface area contributed by atoms with Crippen LogP contribution in [0.4, 0.5) is 22.4 Å². The second kappa shape index (κ2) is 17.8. The fraction of sp³-hybridized carbons (Fsp3) is 0.311. The highest BCUT2D eigenvalue weighted by molar-refractivity contribution is 5.88. The molecule has 2 heterocycles. The number of nitrogens with zero attached hydrogens (tertiary/aromatic N) is 2. The molecule has 304 valence electrons. The summed E-state index contributed by atoms with van der Waals surface area (Å²) in [6.45, 7) is 11.1. The van der Waals surface area contributed by atoms with Crippen molar-refractivity contribution in [1.82, 2.24) is 9.97 Å². The minimum atomic E-state index is -1.02. The topological polar surface area (TPSA) is 98.2 Å². The summed E-state index contributed by atoms with van der Waals surface area (Å²) in [4.78, 5) is 23.8. The van der Waals surface area contributed by atoms with Crippen molar-refractivity contribution in [2.24, 2.45) is 0 Å². The third kappa shape index (κ3) is 9.00. The summed E-state index contributed by atoms with van der Waals surface area (Å²) in [5.74, 6) is -2.59. The Kier molecular flexibility index (Phi) is 12.8. The van der Waals surface area contributed by atoms with Crippen molar-refractivity contribution in [2.45, 2.75) is 66.6 Å². The molecule has 13 heteroatoms. The van der Waals surface area contributed by atoms with Gasteiger partial charge in [0.05, 0.1) is 24.2 Å². The second-order valence-electron chi connectivity index (χ2n) is 14.0. The Bertz CT molecular complexity index is 2300. The molecule has 0 spiro atoms. The van der Waals surface area contributed by atoms with Crippen LogP contribution < -0.4 is 9.47 Å². The van der Waals surface area contributed by atoms with Gasteiger partial charge in [0.2, 0.25) is 0 Å². The van der Waals surface area contributed by atoms with Gasteiger partial charge in [-0.25, -0.2) is 22.4 Å². The highest BCUT2D eigenvalue weighted by Crippen LogP contribution is 2.39. The Hall–Kier alpha value is -5.79. The van der Waals surface area contributed by atoms with Crippen molar-refractivity contribution in [2.75, 3.05) is 27.4 Å². The van der Waals surface area contributed by atoms with E-state index in [0.717, 1.165) is 58.9 Å². The predicted molar refractivity (Wildman–Crippen MR) is 211 cm³/mol. The van der Waals surface area contributed by atoms with Gasteiger partial charge in [0, 0.05) is 83.9 Å². The van der Waals surface area contributed by atoms with Gasteiger partial charge in [-0.1, -0.05) is 13.8 Å². The van der Waals surface area contributed by atoms with Crippen LogP contribution in [0.2, 0.25) is 0 Å². The van der Waals surface area contributed by atoms with Gasteiger partial charge in [0.1, 0.15) is 46.3 Å². The van der Waals surface area contributed by atoms with Crippen LogP contribution in [0, 0.1) is 51.0 Å². The number of ether oxygens (including phenoxy) is 6. The van der Waals surface area contributed by atoms with Gasteiger partial charge in [-0.05, 0) is 87.1 Å². The fourth-order valence-corrected chi connectivity index (χ4v) is 7.22. The van der Waals surface area contributed by atoms with E-state index in [4.69, 9.17) is 38.4 Å². The standard InChI is InChI=1S/C45H44F4N2O7/c1-9-35-25(5)43(33-19-39(23(3)11-37(33)50-35)55-31-15-27(46)13-28(47)16-31)41(21-53-7)57-45(52)58-42(22-54-8)44-26(6)36(10-2)51-38-12-24(4)40(20-34(38)44)56-32-17-29(48)14-30(49)18-32/h11-20,41-42H,9-10,21-22H2,1-8H3. The molecule has 9 nitrogen and oxygen atoms in total. The van der Waals surface area contributed by atoms with Crippen LogP contribution in [0.1, 0.15) is 70.8 Å². The molecule has 0 bridgehead atoms. The van der Waals surface area contributed by atoms with E-state index >= 15 is 0 Å². The highest BCUT2D eigenvalue weighted by Gasteiger charge is 2.30. The normalized spacial score (nSPS) is 12.5.